The molecule has 1 amide bonds. The van der Waals surface area contributed by atoms with E-state index in [1.165, 1.54) is 32.7 Å². The van der Waals surface area contributed by atoms with Crippen molar-refractivity contribution in [2.75, 3.05) is 24.9 Å². The van der Waals surface area contributed by atoms with Gasteiger partial charge in [-0.3, -0.25) is 4.79 Å². The average Bonchev–Trinajstić information content (AvgIpc) is 3.40. The molecule has 3 aromatic carbocycles. The number of nitrogens with one attached hydrogen (secondary N) is 2. The SMILES string of the molecule is COc1ccccc1NC(=O)C1=C(C)Nc2ncnn2C1c1ccc(OCc2c(F)cccc2Cl)c(OC)c1. The molecule has 200 valence electrons. The van der Waals surface area contributed by atoms with Crippen LogP contribution in [0.5, 0.6) is 17.2 Å². The standard InChI is InChI=1S/C28H25ClFN5O4/c1-16-25(27(36)34-21-9-4-5-10-22(21)37-2)26(35-28(33-16)31-15-32-35)17-11-12-23(24(13-17)38-3)39-14-18-19(29)7-6-8-20(18)30/h4-13,15,26H,14H2,1-3H3,(H,34,36)(H,31,32,33). The summed E-state index contributed by atoms with van der Waals surface area (Å²) in [6.07, 6.45) is 1.41. The number of methoxy groups -OCH3 is 2. The van der Waals surface area contributed by atoms with E-state index in [-0.39, 0.29) is 23.1 Å². The van der Waals surface area contributed by atoms with Crippen molar-refractivity contribution >= 4 is 29.1 Å². The fourth-order valence-corrected chi connectivity index (χ4v) is 4.64. The maximum absolute atomic E-state index is 14.2. The minimum absolute atomic E-state index is 0.0899. The molecule has 1 atom stereocenters. The number of aromatic nitrogens is 3. The topological polar surface area (TPSA) is 99.5 Å². The Morgan fingerprint density at radius 1 is 1.08 bits per heavy atom. The van der Waals surface area contributed by atoms with Gasteiger partial charge in [-0.1, -0.05) is 35.9 Å². The Labute approximate surface area is 229 Å². The number of hydrogen-bond acceptors (Lipinski definition) is 7. The summed E-state index contributed by atoms with van der Waals surface area (Å²) >= 11 is 6.15. The van der Waals surface area contributed by atoms with Crippen LogP contribution in [0.1, 0.15) is 24.1 Å². The Morgan fingerprint density at radius 2 is 1.87 bits per heavy atom. The molecule has 1 aromatic heterocycles. The van der Waals surface area contributed by atoms with E-state index in [1.807, 2.05) is 12.1 Å². The second-order valence-electron chi connectivity index (χ2n) is 8.65. The summed E-state index contributed by atoms with van der Waals surface area (Å²) in [4.78, 5) is 18.0. The monoisotopic (exact) mass is 549 g/mol. The van der Waals surface area contributed by atoms with Crippen molar-refractivity contribution < 1.29 is 23.4 Å². The van der Waals surface area contributed by atoms with Crippen LogP contribution in [0.2, 0.25) is 5.02 Å². The number of carbonyl (C=O) groups excluding carboxylic acids is 1. The van der Waals surface area contributed by atoms with Crippen LogP contribution in [-0.4, -0.2) is 34.9 Å². The number of ether oxygens (including phenoxy) is 3. The number of anilines is 2. The number of fused-ring (bicyclic) bond motifs is 1. The molecule has 11 heteroatoms. The number of allylic oxidation sites excluding steroid dienone is 1. The summed E-state index contributed by atoms with van der Waals surface area (Å²) in [5, 5.41) is 10.7. The third-order valence-corrected chi connectivity index (χ3v) is 6.69. The lowest BCUT2D eigenvalue weighted by Gasteiger charge is -2.29. The van der Waals surface area contributed by atoms with Crippen molar-refractivity contribution in [3.05, 3.63) is 100 Å². The quantitative estimate of drug-likeness (QED) is 0.295. The van der Waals surface area contributed by atoms with Crippen LogP contribution in [0.3, 0.4) is 0 Å². The highest BCUT2D eigenvalue weighted by Crippen LogP contribution is 2.39. The second kappa shape index (κ2) is 11.0. The predicted molar refractivity (Wildman–Crippen MR) is 145 cm³/mol. The maximum atomic E-state index is 14.2. The van der Waals surface area contributed by atoms with E-state index in [4.69, 9.17) is 25.8 Å². The second-order valence-corrected chi connectivity index (χ2v) is 9.06. The number of rotatable bonds is 8. The van der Waals surface area contributed by atoms with Gasteiger partial charge in [0, 0.05) is 11.3 Å². The highest BCUT2D eigenvalue weighted by Gasteiger charge is 2.34. The number of benzene rings is 3. The van der Waals surface area contributed by atoms with Gasteiger partial charge in [-0.2, -0.15) is 10.1 Å². The molecule has 0 spiro atoms. The van der Waals surface area contributed by atoms with Gasteiger partial charge in [0.2, 0.25) is 5.95 Å². The normalized spacial score (nSPS) is 14.3. The summed E-state index contributed by atoms with van der Waals surface area (Å²) in [6.45, 7) is 1.71. The summed E-state index contributed by atoms with van der Waals surface area (Å²) in [7, 11) is 3.04. The molecule has 9 nitrogen and oxygen atoms in total. The molecule has 0 saturated heterocycles. The summed E-state index contributed by atoms with van der Waals surface area (Å²) < 4.78 is 32.7. The van der Waals surface area contributed by atoms with E-state index in [0.717, 1.165) is 0 Å². The first-order valence-electron chi connectivity index (χ1n) is 12.0. The molecule has 0 aliphatic carbocycles. The van der Waals surface area contributed by atoms with Crippen LogP contribution in [0.25, 0.3) is 0 Å². The number of nitrogens with zero attached hydrogens (tertiary/aromatic N) is 3. The van der Waals surface area contributed by atoms with Crippen molar-refractivity contribution in [2.24, 2.45) is 0 Å². The van der Waals surface area contributed by atoms with E-state index in [1.54, 1.807) is 48.0 Å². The van der Waals surface area contributed by atoms with E-state index < -0.39 is 11.9 Å². The first kappa shape index (κ1) is 26.1. The molecular weight excluding hydrogens is 525 g/mol. The third-order valence-electron chi connectivity index (χ3n) is 6.33. The van der Waals surface area contributed by atoms with Crippen LogP contribution >= 0.6 is 11.6 Å². The molecule has 0 bridgehead atoms. The van der Waals surface area contributed by atoms with Crippen molar-refractivity contribution in [1.82, 2.24) is 14.8 Å². The molecular formula is C28H25ClFN5O4. The Bertz CT molecular complexity index is 1550. The Hall–Kier alpha value is -4.57. The third kappa shape index (κ3) is 5.10. The zero-order chi connectivity index (χ0) is 27.5. The molecule has 0 fully saturated rings. The molecule has 2 N–H and O–H groups in total. The van der Waals surface area contributed by atoms with Crippen LogP contribution in [0.15, 0.2) is 78.3 Å². The fourth-order valence-electron chi connectivity index (χ4n) is 4.42. The smallest absolute Gasteiger partial charge is 0.255 e. The van der Waals surface area contributed by atoms with Gasteiger partial charge >= 0.3 is 0 Å². The molecule has 0 radical (unpaired) electrons. The lowest BCUT2D eigenvalue weighted by molar-refractivity contribution is -0.113. The van der Waals surface area contributed by atoms with Gasteiger partial charge in [0.15, 0.2) is 11.5 Å². The highest BCUT2D eigenvalue weighted by molar-refractivity contribution is 6.31. The van der Waals surface area contributed by atoms with Crippen LogP contribution in [0.4, 0.5) is 16.0 Å². The highest BCUT2D eigenvalue weighted by atomic mass is 35.5. The largest absolute Gasteiger partial charge is 0.495 e. The van der Waals surface area contributed by atoms with Gasteiger partial charge in [-0.25, -0.2) is 9.07 Å². The van der Waals surface area contributed by atoms with Crippen LogP contribution in [-0.2, 0) is 11.4 Å². The zero-order valence-electron chi connectivity index (χ0n) is 21.4. The minimum atomic E-state index is -0.637. The average molecular weight is 550 g/mol. The maximum Gasteiger partial charge on any atom is 0.255 e. The van der Waals surface area contributed by atoms with Gasteiger partial charge < -0.3 is 24.8 Å². The first-order valence-corrected chi connectivity index (χ1v) is 12.3. The lowest BCUT2D eigenvalue weighted by atomic mass is 9.94. The van der Waals surface area contributed by atoms with Crippen molar-refractivity contribution in [3.63, 3.8) is 0 Å². The molecule has 4 aromatic rings. The molecule has 2 heterocycles. The summed E-state index contributed by atoms with van der Waals surface area (Å²) in [6, 6.07) is 16.2. The first-order chi connectivity index (χ1) is 18.9. The van der Waals surface area contributed by atoms with Crippen LogP contribution < -0.4 is 24.8 Å². The molecule has 39 heavy (non-hydrogen) atoms. The van der Waals surface area contributed by atoms with E-state index in [9.17, 15) is 9.18 Å². The van der Waals surface area contributed by atoms with Crippen molar-refractivity contribution in [3.8, 4) is 17.2 Å². The number of halogens is 2. The summed E-state index contributed by atoms with van der Waals surface area (Å²) in [5.74, 6) is 0.988. The molecule has 1 unspecified atom stereocenters. The summed E-state index contributed by atoms with van der Waals surface area (Å²) in [5.41, 5.74) is 2.50. The number of para-hydroxylation sites is 2. The van der Waals surface area contributed by atoms with E-state index >= 15 is 0 Å². The van der Waals surface area contributed by atoms with Gasteiger partial charge in [0.1, 0.15) is 30.5 Å². The number of hydrogen-bond donors (Lipinski definition) is 2. The fraction of sp³-hybridized carbons (Fsp3) is 0.179. The molecule has 5 rings (SSSR count). The number of amides is 1. The Kier molecular flexibility index (Phi) is 7.38. The lowest BCUT2D eigenvalue weighted by Crippen LogP contribution is -2.31. The molecule has 1 aliphatic rings. The van der Waals surface area contributed by atoms with E-state index in [2.05, 4.69) is 20.7 Å². The zero-order valence-corrected chi connectivity index (χ0v) is 22.1. The van der Waals surface area contributed by atoms with Crippen molar-refractivity contribution in [2.45, 2.75) is 19.6 Å². The van der Waals surface area contributed by atoms with Crippen molar-refractivity contribution in [1.29, 1.82) is 0 Å². The predicted octanol–water partition coefficient (Wildman–Crippen LogP) is 5.59. The Morgan fingerprint density at radius 3 is 2.64 bits per heavy atom. The minimum Gasteiger partial charge on any atom is -0.495 e. The van der Waals surface area contributed by atoms with E-state index in [0.29, 0.717) is 45.7 Å². The Balaban J connectivity index is 1.49. The van der Waals surface area contributed by atoms with Gasteiger partial charge in [0.25, 0.3) is 5.91 Å². The van der Waals surface area contributed by atoms with Gasteiger partial charge in [-0.15, -0.1) is 0 Å². The molecule has 1 aliphatic heterocycles. The number of carbonyl (C=O) groups is 1. The molecule has 0 saturated carbocycles. The van der Waals surface area contributed by atoms with Gasteiger partial charge in [-0.05, 0) is 48.9 Å². The van der Waals surface area contributed by atoms with Gasteiger partial charge in [0.05, 0.1) is 30.5 Å². The van der Waals surface area contributed by atoms with Crippen LogP contribution in [0, 0.1) is 5.82 Å².